The van der Waals surface area contributed by atoms with Gasteiger partial charge in [0.25, 0.3) is 0 Å². The fraction of sp³-hybridized carbons (Fsp3) is 0.700. The summed E-state index contributed by atoms with van der Waals surface area (Å²) in [5.41, 5.74) is 1.58. The van der Waals surface area contributed by atoms with Crippen molar-refractivity contribution < 1.29 is 0 Å². The summed E-state index contributed by atoms with van der Waals surface area (Å²) in [6, 6.07) is 0. The van der Waals surface area contributed by atoms with Crippen molar-refractivity contribution in [3.05, 3.63) is 18.6 Å². The summed E-state index contributed by atoms with van der Waals surface area (Å²) in [5, 5.41) is 0. The van der Waals surface area contributed by atoms with Gasteiger partial charge in [0.15, 0.2) is 0 Å². The van der Waals surface area contributed by atoms with Crippen LogP contribution >= 0.6 is 0 Å². The van der Waals surface area contributed by atoms with Crippen molar-refractivity contribution in [2.45, 2.75) is 39.0 Å². The lowest BCUT2D eigenvalue weighted by Gasteiger charge is -2.08. The third-order valence-electron chi connectivity index (χ3n) is 2.47. The Morgan fingerprint density at radius 2 is 2.10 bits per heavy atom. The highest BCUT2D eigenvalue weighted by Gasteiger charge is 2.15. The van der Waals surface area contributed by atoms with E-state index in [0.717, 1.165) is 12.3 Å². The van der Waals surface area contributed by atoms with Gasteiger partial charge in [-0.25, -0.2) is 0 Å². The van der Waals surface area contributed by atoms with Crippen LogP contribution in [0.25, 0.3) is 0 Å². The Balaban J connectivity index is 2.39. The van der Waals surface area contributed by atoms with E-state index in [1.54, 1.807) is 5.57 Å². The molecule has 1 saturated carbocycles. The molecule has 0 amide bonds. The second kappa shape index (κ2) is 3.80. The van der Waals surface area contributed by atoms with Crippen LogP contribution in [-0.2, 0) is 0 Å². The first-order valence-electron chi connectivity index (χ1n) is 4.30. The Hall–Kier alpha value is -0.260. The third kappa shape index (κ3) is 1.86. The van der Waals surface area contributed by atoms with Crippen LogP contribution in [0, 0.1) is 12.8 Å². The van der Waals surface area contributed by atoms with Gasteiger partial charge in [0.05, 0.1) is 0 Å². The minimum Gasteiger partial charge on any atom is -0.0853 e. The summed E-state index contributed by atoms with van der Waals surface area (Å²) < 4.78 is 0. The molecule has 1 radical (unpaired) electrons. The second-order valence-electron chi connectivity index (χ2n) is 3.22. The zero-order valence-corrected chi connectivity index (χ0v) is 6.90. The highest BCUT2D eigenvalue weighted by molar-refractivity contribution is 5.05. The monoisotopic (exact) mass is 137 g/mol. The van der Waals surface area contributed by atoms with Crippen molar-refractivity contribution in [3.8, 4) is 0 Å². The maximum atomic E-state index is 3.82. The lowest BCUT2D eigenvalue weighted by molar-refractivity contribution is 0.640. The van der Waals surface area contributed by atoms with Gasteiger partial charge in [-0.15, -0.1) is 0 Å². The predicted octanol–water partition coefficient (Wildman–Crippen LogP) is 3.35. The SMILES string of the molecule is [CH2]CC=C(C)C1CCCC1. The predicted molar refractivity (Wildman–Crippen MR) is 45.7 cm³/mol. The van der Waals surface area contributed by atoms with Gasteiger partial charge in [-0.1, -0.05) is 24.5 Å². The first kappa shape index (κ1) is 7.84. The van der Waals surface area contributed by atoms with Gasteiger partial charge in [0.2, 0.25) is 0 Å². The Kier molecular flexibility index (Phi) is 2.98. The largest absolute Gasteiger partial charge is 0.0853 e. The minimum atomic E-state index is 0.904. The average Bonchev–Trinajstić information content (AvgIpc) is 2.38. The molecule has 0 heteroatoms. The Bertz CT molecular complexity index is 116. The van der Waals surface area contributed by atoms with Crippen molar-refractivity contribution in [3.63, 3.8) is 0 Å². The van der Waals surface area contributed by atoms with E-state index in [1.807, 2.05) is 0 Å². The second-order valence-corrected chi connectivity index (χ2v) is 3.22. The summed E-state index contributed by atoms with van der Waals surface area (Å²) in [6.45, 7) is 6.07. The molecule has 10 heavy (non-hydrogen) atoms. The Morgan fingerprint density at radius 1 is 1.50 bits per heavy atom. The van der Waals surface area contributed by atoms with Crippen LogP contribution in [0.1, 0.15) is 39.0 Å². The highest BCUT2D eigenvalue weighted by Crippen LogP contribution is 2.30. The van der Waals surface area contributed by atoms with Gasteiger partial charge in [-0.05, 0) is 39.0 Å². The van der Waals surface area contributed by atoms with Crippen LogP contribution in [0.2, 0.25) is 0 Å². The molecule has 0 heterocycles. The van der Waals surface area contributed by atoms with E-state index in [9.17, 15) is 0 Å². The quantitative estimate of drug-likeness (QED) is 0.512. The van der Waals surface area contributed by atoms with Crippen molar-refractivity contribution in [1.82, 2.24) is 0 Å². The summed E-state index contributed by atoms with van der Waals surface area (Å²) in [5.74, 6) is 0.904. The zero-order chi connectivity index (χ0) is 7.40. The van der Waals surface area contributed by atoms with E-state index in [0.29, 0.717) is 0 Å². The van der Waals surface area contributed by atoms with Gasteiger partial charge >= 0.3 is 0 Å². The average molecular weight is 137 g/mol. The normalized spacial score (nSPS) is 22.0. The molecule has 1 aliphatic rings. The van der Waals surface area contributed by atoms with Gasteiger partial charge < -0.3 is 0 Å². The van der Waals surface area contributed by atoms with E-state index in [4.69, 9.17) is 0 Å². The molecule has 0 saturated heterocycles. The van der Waals surface area contributed by atoms with Gasteiger partial charge in [0, 0.05) is 0 Å². The minimum absolute atomic E-state index is 0.904. The fourth-order valence-corrected chi connectivity index (χ4v) is 1.78. The van der Waals surface area contributed by atoms with E-state index < -0.39 is 0 Å². The van der Waals surface area contributed by atoms with Gasteiger partial charge in [0.1, 0.15) is 0 Å². The molecule has 0 unspecified atom stereocenters. The smallest absolute Gasteiger partial charge is 0.0206 e. The third-order valence-corrected chi connectivity index (χ3v) is 2.47. The maximum Gasteiger partial charge on any atom is -0.0206 e. The van der Waals surface area contributed by atoms with Crippen LogP contribution in [0.15, 0.2) is 11.6 Å². The van der Waals surface area contributed by atoms with E-state index in [1.165, 1.54) is 25.7 Å². The van der Waals surface area contributed by atoms with E-state index in [2.05, 4.69) is 19.9 Å². The number of rotatable bonds is 2. The molecule has 0 nitrogen and oxygen atoms in total. The Labute approximate surface area is 64.3 Å². The van der Waals surface area contributed by atoms with E-state index >= 15 is 0 Å². The molecule has 0 aromatic rings. The molecule has 0 aliphatic heterocycles. The first-order valence-corrected chi connectivity index (χ1v) is 4.30. The molecule has 0 aromatic heterocycles. The van der Waals surface area contributed by atoms with Crippen LogP contribution in [-0.4, -0.2) is 0 Å². The highest BCUT2D eigenvalue weighted by atomic mass is 14.2. The first-order chi connectivity index (χ1) is 4.84. The van der Waals surface area contributed by atoms with Crippen LogP contribution in [0.3, 0.4) is 0 Å². The number of hydrogen-bond acceptors (Lipinski definition) is 0. The molecular weight excluding hydrogens is 120 g/mol. The number of hydrogen-bond donors (Lipinski definition) is 0. The standard InChI is InChI=1S/C10H17/c1-3-6-9(2)10-7-4-5-8-10/h6,10H,1,3-5,7-8H2,2H3. The lowest BCUT2D eigenvalue weighted by atomic mass is 9.98. The van der Waals surface area contributed by atoms with Gasteiger partial charge in [-0.3, -0.25) is 0 Å². The molecule has 0 aromatic carbocycles. The number of allylic oxidation sites excluding steroid dienone is 2. The van der Waals surface area contributed by atoms with Gasteiger partial charge in [-0.2, -0.15) is 0 Å². The summed E-state index contributed by atoms with van der Waals surface area (Å²) in [7, 11) is 0. The maximum absolute atomic E-state index is 3.82. The van der Waals surface area contributed by atoms with Crippen LogP contribution in [0.5, 0.6) is 0 Å². The summed E-state index contributed by atoms with van der Waals surface area (Å²) >= 11 is 0. The molecule has 1 aliphatic carbocycles. The molecule has 1 rings (SSSR count). The molecule has 0 bridgehead atoms. The Morgan fingerprint density at radius 3 is 2.60 bits per heavy atom. The van der Waals surface area contributed by atoms with Crippen molar-refractivity contribution in [2.75, 3.05) is 0 Å². The summed E-state index contributed by atoms with van der Waals surface area (Å²) in [4.78, 5) is 0. The van der Waals surface area contributed by atoms with Crippen molar-refractivity contribution >= 4 is 0 Å². The molecule has 0 atom stereocenters. The molecule has 0 N–H and O–H groups in total. The van der Waals surface area contributed by atoms with Crippen LogP contribution in [0.4, 0.5) is 0 Å². The molecular formula is C10H17. The fourth-order valence-electron chi connectivity index (χ4n) is 1.78. The molecule has 0 spiro atoms. The molecule has 1 fully saturated rings. The van der Waals surface area contributed by atoms with Crippen molar-refractivity contribution in [2.24, 2.45) is 5.92 Å². The van der Waals surface area contributed by atoms with Crippen molar-refractivity contribution in [1.29, 1.82) is 0 Å². The lowest BCUT2D eigenvalue weighted by Crippen LogP contribution is -1.93. The molecule has 57 valence electrons. The summed E-state index contributed by atoms with van der Waals surface area (Å²) in [6.07, 6.45) is 8.95. The van der Waals surface area contributed by atoms with E-state index in [-0.39, 0.29) is 0 Å². The topological polar surface area (TPSA) is 0 Å². The zero-order valence-electron chi connectivity index (χ0n) is 6.90. The van der Waals surface area contributed by atoms with Crippen LogP contribution < -0.4 is 0 Å².